The average molecular weight is 554 g/mol. The summed E-state index contributed by atoms with van der Waals surface area (Å²) in [6.07, 6.45) is 4.25. The van der Waals surface area contributed by atoms with Gasteiger partial charge in [-0.15, -0.1) is 24.0 Å². The van der Waals surface area contributed by atoms with E-state index in [0.717, 1.165) is 37.5 Å². The standard InChI is InChI=1S/C23H30N4O2S.HI/c1-24-23(25-18-21-11-7-8-12-22(21)30(28,29)26(2)3)27-15-13-20(14-16-27)17-19-9-5-4-6-10-19;/h4-12,17H,13-16,18H2,1-3H3,(H,24,25);1H. The first-order valence-electron chi connectivity index (χ1n) is 10.1. The molecule has 1 aliphatic heterocycles. The lowest BCUT2D eigenvalue weighted by molar-refractivity contribution is 0.375. The molecular weight excluding hydrogens is 523 g/mol. The van der Waals surface area contributed by atoms with Gasteiger partial charge in [0.25, 0.3) is 0 Å². The summed E-state index contributed by atoms with van der Waals surface area (Å²) in [6.45, 7) is 2.17. The molecule has 2 aromatic rings. The molecule has 0 unspecified atom stereocenters. The molecule has 6 nitrogen and oxygen atoms in total. The van der Waals surface area contributed by atoms with E-state index in [0.29, 0.717) is 11.4 Å². The third-order valence-electron chi connectivity index (χ3n) is 5.26. The molecule has 31 heavy (non-hydrogen) atoms. The maximum atomic E-state index is 12.6. The van der Waals surface area contributed by atoms with E-state index in [9.17, 15) is 8.42 Å². The maximum absolute atomic E-state index is 12.6. The number of nitrogens with zero attached hydrogens (tertiary/aromatic N) is 3. The van der Waals surface area contributed by atoms with E-state index in [1.54, 1.807) is 33.3 Å². The van der Waals surface area contributed by atoms with Gasteiger partial charge in [0, 0.05) is 40.8 Å². The summed E-state index contributed by atoms with van der Waals surface area (Å²) in [4.78, 5) is 6.97. The molecule has 0 radical (unpaired) electrons. The Kier molecular flexibility index (Phi) is 9.52. The minimum atomic E-state index is -3.49. The van der Waals surface area contributed by atoms with Crippen LogP contribution in [0.25, 0.3) is 6.08 Å². The summed E-state index contributed by atoms with van der Waals surface area (Å²) in [5, 5.41) is 3.34. The van der Waals surface area contributed by atoms with E-state index < -0.39 is 10.0 Å². The second-order valence-electron chi connectivity index (χ2n) is 7.50. The Morgan fingerprint density at radius 1 is 1.06 bits per heavy atom. The minimum absolute atomic E-state index is 0. The number of benzene rings is 2. The van der Waals surface area contributed by atoms with Crippen molar-refractivity contribution in [3.8, 4) is 0 Å². The van der Waals surface area contributed by atoms with Crippen molar-refractivity contribution in [2.24, 2.45) is 4.99 Å². The third-order valence-corrected chi connectivity index (χ3v) is 7.17. The second-order valence-corrected chi connectivity index (χ2v) is 9.62. The molecule has 1 aliphatic rings. The Balaban J connectivity index is 0.00000341. The van der Waals surface area contributed by atoms with Crippen molar-refractivity contribution in [2.75, 3.05) is 34.2 Å². The number of rotatable bonds is 5. The first-order chi connectivity index (χ1) is 14.4. The smallest absolute Gasteiger partial charge is 0.242 e. The van der Waals surface area contributed by atoms with Crippen molar-refractivity contribution in [2.45, 2.75) is 24.3 Å². The summed E-state index contributed by atoms with van der Waals surface area (Å²) in [7, 11) is 1.37. The van der Waals surface area contributed by atoms with Gasteiger partial charge in [-0.3, -0.25) is 4.99 Å². The normalized spacial score (nSPS) is 14.9. The van der Waals surface area contributed by atoms with Crippen LogP contribution in [0.5, 0.6) is 0 Å². The van der Waals surface area contributed by atoms with Gasteiger partial charge in [-0.25, -0.2) is 12.7 Å². The summed E-state index contributed by atoms with van der Waals surface area (Å²) < 4.78 is 26.5. The SMILES string of the molecule is CN=C(NCc1ccccc1S(=O)(=O)N(C)C)N1CCC(=Cc2ccccc2)CC1.I. The Labute approximate surface area is 203 Å². The van der Waals surface area contributed by atoms with Crippen LogP contribution >= 0.6 is 24.0 Å². The fraction of sp³-hybridized carbons (Fsp3) is 0.348. The highest BCUT2D eigenvalue weighted by Gasteiger charge is 2.22. The molecule has 0 bridgehead atoms. The maximum Gasteiger partial charge on any atom is 0.242 e. The van der Waals surface area contributed by atoms with Crippen LogP contribution in [0.1, 0.15) is 24.0 Å². The van der Waals surface area contributed by atoms with Gasteiger partial charge in [-0.2, -0.15) is 0 Å². The molecule has 0 aromatic heterocycles. The lowest BCUT2D eigenvalue weighted by Crippen LogP contribution is -2.44. The van der Waals surface area contributed by atoms with Gasteiger partial charge in [-0.1, -0.05) is 60.2 Å². The zero-order valence-electron chi connectivity index (χ0n) is 18.3. The zero-order chi connectivity index (χ0) is 21.6. The first-order valence-corrected chi connectivity index (χ1v) is 11.6. The second kappa shape index (κ2) is 11.6. The molecule has 1 heterocycles. The van der Waals surface area contributed by atoms with E-state index in [4.69, 9.17) is 0 Å². The molecule has 8 heteroatoms. The van der Waals surface area contributed by atoms with Gasteiger partial charge in [0.2, 0.25) is 10.0 Å². The largest absolute Gasteiger partial charge is 0.352 e. The monoisotopic (exact) mass is 554 g/mol. The van der Waals surface area contributed by atoms with Crippen LogP contribution in [0.3, 0.4) is 0 Å². The number of hydrogen-bond donors (Lipinski definition) is 1. The van der Waals surface area contributed by atoms with Crippen LogP contribution in [0.4, 0.5) is 0 Å². The van der Waals surface area contributed by atoms with Crippen LogP contribution in [0, 0.1) is 0 Å². The fourth-order valence-corrected chi connectivity index (χ4v) is 4.66. The van der Waals surface area contributed by atoms with Gasteiger partial charge in [0.05, 0.1) is 4.90 Å². The van der Waals surface area contributed by atoms with Crippen LogP contribution in [-0.4, -0.2) is 57.8 Å². The van der Waals surface area contributed by atoms with Crippen LogP contribution in [-0.2, 0) is 16.6 Å². The molecule has 1 fully saturated rings. The van der Waals surface area contributed by atoms with E-state index >= 15 is 0 Å². The number of guanidine groups is 1. The number of halogens is 1. The van der Waals surface area contributed by atoms with Crippen LogP contribution in [0.2, 0.25) is 0 Å². The fourth-order valence-electron chi connectivity index (χ4n) is 3.54. The Morgan fingerprint density at radius 3 is 2.29 bits per heavy atom. The predicted octanol–water partition coefficient (Wildman–Crippen LogP) is 3.81. The Bertz CT molecular complexity index is 1010. The summed E-state index contributed by atoms with van der Waals surface area (Å²) in [5.74, 6) is 0.797. The summed E-state index contributed by atoms with van der Waals surface area (Å²) >= 11 is 0. The quantitative estimate of drug-likeness (QED) is 0.347. The molecule has 0 atom stereocenters. The van der Waals surface area contributed by atoms with E-state index in [-0.39, 0.29) is 24.0 Å². The Hall–Kier alpha value is -1.91. The minimum Gasteiger partial charge on any atom is -0.352 e. The number of piperidine rings is 1. The molecule has 0 amide bonds. The van der Waals surface area contributed by atoms with Crippen LogP contribution < -0.4 is 5.32 Å². The molecule has 3 rings (SSSR count). The number of likely N-dealkylation sites (tertiary alicyclic amines) is 1. The third kappa shape index (κ3) is 6.54. The van der Waals surface area contributed by atoms with Gasteiger partial charge < -0.3 is 10.2 Å². The first kappa shape index (κ1) is 25.4. The molecule has 2 aromatic carbocycles. The lowest BCUT2D eigenvalue weighted by Gasteiger charge is -2.31. The lowest BCUT2D eigenvalue weighted by atomic mass is 10.0. The van der Waals surface area contributed by atoms with Gasteiger partial charge >= 0.3 is 0 Å². The van der Waals surface area contributed by atoms with Gasteiger partial charge in [0.1, 0.15) is 0 Å². The Morgan fingerprint density at radius 2 is 1.68 bits per heavy atom. The molecule has 1 saturated heterocycles. The molecular formula is C23H31IN4O2S. The van der Waals surface area contributed by atoms with Crippen molar-refractivity contribution in [1.29, 1.82) is 0 Å². The molecule has 0 saturated carbocycles. The molecule has 1 N–H and O–H groups in total. The molecule has 0 spiro atoms. The number of sulfonamides is 1. The number of hydrogen-bond acceptors (Lipinski definition) is 3. The average Bonchev–Trinajstić information content (AvgIpc) is 2.76. The van der Waals surface area contributed by atoms with E-state index in [1.807, 2.05) is 18.2 Å². The van der Waals surface area contributed by atoms with Crippen molar-refractivity contribution >= 4 is 46.0 Å². The summed E-state index contributed by atoms with van der Waals surface area (Å²) in [6, 6.07) is 17.5. The van der Waals surface area contributed by atoms with Crippen molar-refractivity contribution in [3.05, 3.63) is 71.3 Å². The van der Waals surface area contributed by atoms with Gasteiger partial charge in [0.15, 0.2) is 5.96 Å². The molecule has 168 valence electrons. The highest BCUT2D eigenvalue weighted by molar-refractivity contribution is 14.0. The zero-order valence-corrected chi connectivity index (χ0v) is 21.4. The summed E-state index contributed by atoms with van der Waals surface area (Å²) in [5.41, 5.74) is 3.41. The van der Waals surface area contributed by atoms with E-state index in [2.05, 4.69) is 45.6 Å². The van der Waals surface area contributed by atoms with Crippen molar-refractivity contribution < 1.29 is 8.42 Å². The van der Waals surface area contributed by atoms with Crippen molar-refractivity contribution in [1.82, 2.24) is 14.5 Å². The highest BCUT2D eigenvalue weighted by atomic mass is 127. The topological polar surface area (TPSA) is 65.0 Å². The molecule has 0 aliphatic carbocycles. The number of nitrogens with one attached hydrogen (secondary N) is 1. The highest BCUT2D eigenvalue weighted by Crippen LogP contribution is 2.21. The number of aliphatic imine (C=N–C) groups is 1. The predicted molar refractivity (Wildman–Crippen MR) is 138 cm³/mol. The van der Waals surface area contributed by atoms with Gasteiger partial charge in [-0.05, 0) is 30.0 Å². The van der Waals surface area contributed by atoms with Crippen LogP contribution in [0.15, 0.2) is 70.1 Å². The van der Waals surface area contributed by atoms with E-state index in [1.165, 1.54) is 15.4 Å². The van der Waals surface area contributed by atoms with Crippen molar-refractivity contribution in [3.63, 3.8) is 0 Å².